The number of azo groups is 1. The van der Waals surface area contributed by atoms with Crippen LogP contribution in [0, 0.1) is 0 Å². The summed E-state index contributed by atoms with van der Waals surface area (Å²) in [6.45, 7) is 4.18. The van der Waals surface area contributed by atoms with Crippen molar-refractivity contribution in [1.82, 2.24) is 0 Å². The fourth-order valence-electron chi connectivity index (χ4n) is 4.72. The molecule has 184 valence electrons. The van der Waals surface area contributed by atoms with Crippen LogP contribution in [0.25, 0.3) is 0 Å². The molecule has 0 heterocycles. The zero-order chi connectivity index (χ0) is 22.1. The summed E-state index contributed by atoms with van der Waals surface area (Å²) in [7, 11) is 0. The van der Waals surface area contributed by atoms with Crippen LogP contribution in [-0.4, -0.2) is 24.1 Å². The lowest BCUT2D eigenvalue weighted by atomic mass is 10.0. The zero-order valence-electron chi connectivity index (χ0n) is 21.3. The molecule has 0 aromatic carbocycles. The van der Waals surface area contributed by atoms with Crippen LogP contribution in [-0.2, 0) is 0 Å². The predicted molar refractivity (Wildman–Crippen MR) is 143 cm³/mol. The predicted octanol–water partition coefficient (Wildman–Crippen LogP) is 10.5. The van der Waals surface area contributed by atoms with Crippen LogP contribution >= 0.6 is 11.8 Å². The number of hydrogen-bond acceptors (Lipinski definition) is 3. The number of nitrogens with zero attached hydrogens (tertiary/aromatic N) is 2. The van der Waals surface area contributed by atoms with Gasteiger partial charge in [0.15, 0.2) is 0 Å². The summed E-state index contributed by atoms with van der Waals surface area (Å²) in [5.41, 5.74) is 0. The van der Waals surface area contributed by atoms with E-state index in [4.69, 9.17) is 0 Å². The Labute approximate surface area is 200 Å². The third-order valence-electron chi connectivity index (χ3n) is 6.81. The highest BCUT2D eigenvalue weighted by molar-refractivity contribution is 7.99. The van der Waals surface area contributed by atoms with E-state index in [2.05, 4.69) is 28.9 Å². The Morgan fingerprint density at radius 2 is 0.935 bits per heavy atom. The number of hydrogen-bond donors (Lipinski definition) is 0. The van der Waals surface area contributed by atoms with E-state index in [0.717, 1.165) is 18.3 Å². The SMILES string of the molecule is CCCCCCCCCCCCCCC/N=N/CCSC1CCCCCCCCCC1. The third-order valence-corrected chi connectivity index (χ3v) is 8.17. The van der Waals surface area contributed by atoms with E-state index < -0.39 is 0 Å². The first kappa shape index (κ1) is 29.0. The smallest absolute Gasteiger partial charge is 0.0689 e. The van der Waals surface area contributed by atoms with E-state index in [1.807, 2.05) is 0 Å². The van der Waals surface area contributed by atoms with Crippen molar-refractivity contribution in [3.63, 3.8) is 0 Å². The molecule has 2 nitrogen and oxygen atoms in total. The normalized spacial score (nSPS) is 17.2. The summed E-state index contributed by atoms with van der Waals surface area (Å²) in [4.78, 5) is 0. The van der Waals surface area contributed by atoms with Gasteiger partial charge < -0.3 is 0 Å². The minimum absolute atomic E-state index is 0.884. The first-order valence-corrected chi connectivity index (χ1v) is 15.4. The molecule has 0 saturated heterocycles. The topological polar surface area (TPSA) is 24.7 Å². The first-order valence-electron chi connectivity index (χ1n) is 14.4. The molecule has 3 heteroatoms. The minimum Gasteiger partial charge on any atom is -0.194 e. The van der Waals surface area contributed by atoms with Crippen LogP contribution in [0.2, 0.25) is 0 Å². The Bertz CT molecular complexity index is 360. The maximum atomic E-state index is 4.44. The van der Waals surface area contributed by atoms with Crippen molar-refractivity contribution in [2.24, 2.45) is 10.2 Å². The van der Waals surface area contributed by atoms with Gasteiger partial charge in [-0.3, -0.25) is 0 Å². The third kappa shape index (κ3) is 21.6. The first-order chi connectivity index (χ1) is 15.4. The van der Waals surface area contributed by atoms with Gasteiger partial charge in [-0.25, -0.2) is 0 Å². The maximum Gasteiger partial charge on any atom is 0.0689 e. The Kier molecular flexibility index (Phi) is 23.0. The van der Waals surface area contributed by atoms with Gasteiger partial charge in [0.05, 0.1) is 13.1 Å². The Balaban J connectivity index is 1.83. The fourth-order valence-corrected chi connectivity index (χ4v) is 5.90. The fraction of sp³-hybridized carbons (Fsp3) is 1.00. The quantitative estimate of drug-likeness (QED) is 0.150. The van der Waals surface area contributed by atoms with Crippen molar-refractivity contribution < 1.29 is 0 Å². The van der Waals surface area contributed by atoms with Gasteiger partial charge >= 0.3 is 0 Å². The molecule has 0 amide bonds. The molecule has 0 unspecified atom stereocenters. The van der Waals surface area contributed by atoms with E-state index in [1.54, 1.807) is 0 Å². The lowest BCUT2D eigenvalue weighted by Gasteiger charge is -2.15. The van der Waals surface area contributed by atoms with Crippen LogP contribution in [0.15, 0.2) is 10.2 Å². The van der Waals surface area contributed by atoms with Crippen molar-refractivity contribution in [3.8, 4) is 0 Å². The Morgan fingerprint density at radius 3 is 1.45 bits per heavy atom. The number of unbranched alkanes of at least 4 members (excludes halogenated alkanes) is 12. The average Bonchev–Trinajstić information content (AvgIpc) is 2.84. The molecule has 31 heavy (non-hydrogen) atoms. The van der Waals surface area contributed by atoms with E-state index in [-0.39, 0.29) is 0 Å². The molecule has 1 aliphatic carbocycles. The van der Waals surface area contributed by atoms with Gasteiger partial charge in [-0.1, -0.05) is 135 Å². The summed E-state index contributed by atoms with van der Waals surface area (Å²) >= 11 is 2.18. The van der Waals surface area contributed by atoms with Crippen molar-refractivity contribution in [3.05, 3.63) is 0 Å². The maximum absolute atomic E-state index is 4.44. The van der Waals surface area contributed by atoms with E-state index >= 15 is 0 Å². The molecule has 0 N–H and O–H groups in total. The van der Waals surface area contributed by atoms with Crippen molar-refractivity contribution in [2.45, 2.75) is 160 Å². The van der Waals surface area contributed by atoms with Crippen LogP contribution < -0.4 is 0 Å². The van der Waals surface area contributed by atoms with Gasteiger partial charge in [0.1, 0.15) is 0 Å². The molecule has 0 aliphatic heterocycles. The number of thioether (sulfide) groups is 1. The van der Waals surface area contributed by atoms with Crippen LogP contribution in [0.1, 0.15) is 155 Å². The molecular weight excluding hydrogens is 396 g/mol. The second-order valence-electron chi connectivity index (χ2n) is 9.87. The monoisotopic (exact) mass is 452 g/mol. The summed E-state index contributed by atoms with van der Waals surface area (Å²) in [6, 6.07) is 0. The molecule has 0 atom stereocenters. The highest BCUT2D eigenvalue weighted by atomic mass is 32.2. The molecule has 0 aromatic rings. The summed E-state index contributed by atoms with van der Waals surface area (Å²) in [5.74, 6) is 1.17. The van der Waals surface area contributed by atoms with E-state index in [9.17, 15) is 0 Å². The van der Waals surface area contributed by atoms with Gasteiger partial charge in [0.2, 0.25) is 0 Å². The number of rotatable bonds is 18. The van der Waals surface area contributed by atoms with E-state index in [0.29, 0.717) is 0 Å². The molecule has 1 aliphatic rings. The average molecular weight is 453 g/mol. The molecule has 0 aromatic heterocycles. The van der Waals surface area contributed by atoms with Crippen LogP contribution in [0.5, 0.6) is 0 Å². The van der Waals surface area contributed by atoms with Gasteiger partial charge in [0, 0.05) is 11.0 Å². The summed E-state index contributed by atoms with van der Waals surface area (Å²) < 4.78 is 0. The summed E-state index contributed by atoms with van der Waals surface area (Å²) in [5, 5.41) is 9.76. The van der Waals surface area contributed by atoms with Crippen LogP contribution in [0.3, 0.4) is 0 Å². The van der Waals surface area contributed by atoms with E-state index in [1.165, 1.54) is 153 Å². The minimum atomic E-state index is 0.884. The van der Waals surface area contributed by atoms with Gasteiger partial charge in [0.25, 0.3) is 0 Å². The van der Waals surface area contributed by atoms with Gasteiger partial charge in [-0.15, -0.1) is 0 Å². The highest BCUT2D eigenvalue weighted by Gasteiger charge is 2.09. The summed E-state index contributed by atoms with van der Waals surface area (Å²) in [6.07, 6.45) is 32.9. The van der Waals surface area contributed by atoms with Crippen molar-refractivity contribution >= 4 is 11.8 Å². The van der Waals surface area contributed by atoms with Crippen molar-refractivity contribution in [1.29, 1.82) is 0 Å². The lowest BCUT2D eigenvalue weighted by molar-refractivity contribution is 0.539. The lowest BCUT2D eigenvalue weighted by Crippen LogP contribution is -2.05. The Morgan fingerprint density at radius 1 is 0.516 bits per heavy atom. The highest BCUT2D eigenvalue weighted by Crippen LogP contribution is 2.25. The molecule has 1 fully saturated rings. The molecule has 1 rings (SSSR count). The van der Waals surface area contributed by atoms with Crippen LogP contribution in [0.4, 0.5) is 0 Å². The standard InChI is InChI=1S/C28H56N2S/c1-2-3-4-5-6-7-8-9-10-13-16-19-22-25-29-30-26-27-31-28-23-20-17-14-11-12-15-18-21-24-28/h28H,2-27H2,1H3/b30-29+. The second-order valence-corrected chi connectivity index (χ2v) is 11.3. The Hall–Kier alpha value is -0.0500. The molecule has 0 bridgehead atoms. The molecule has 0 spiro atoms. The molecule has 1 saturated carbocycles. The molecular formula is C28H56N2S. The second kappa shape index (κ2) is 24.6. The molecule has 0 radical (unpaired) electrons. The van der Waals surface area contributed by atoms with Gasteiger partial charge in [-0.2, -0.15) is 22.0 Å². The van der Waals surface area contributed by atoms with Gasteiger partial charge in [-0.05, 0) is 19.3 Å². The largest absolute Gasteiger partial charge is 0.194 e. The van der Waals surface area contributed by atoms with Crippen molar-refractivity contribution in [2.75, 3.05) is 18.8 Å². The zero-order valence-corrected chi connectivity index (χ0v) is 22.1.